The zero-order valence-electron chi connectivity index (χ0n) is 19.9. The van der Waals surface area contributed by atoms with E-state index < -0.39 is 0 Å². The number of thiocarbonyl (C=S) groups is 1. The lowest BCUT2D eigenvalue weighted by Crippen LogP contribution is -2.30. The van der Waals surface area contributed by atoms with Crippen LogP contribution in [0.2, 0.25) is 0 Å². The van der Waals surface area contributed by atoms with Crippen LogP contribution in [0.15, 0.2) is 85.2 Å². The number of hydrogen-bond acceptors (Lipinski definition) is 3. The highest BCUT2D eigenvalue weighted by Gasteiger charge is 2.42. The van der Waals surface area contributed by atoms with Gasteiger partial charge in [-0.1, -0.05) is 12.1 Å². The number of rotatable bonds is 5. The molecular weight excluding hydrogens is 438 g/mol. The summed E-state index contributed by atoms with van der Waals surface area (Å²) in [5, 5.41) is 4.28. The number of pyridine rings is 1. The SMILES string of the molecule is Cc1cc(C)cc(N2C(=S)NC(c3ccccn3)C2c2cccn2-c2ccc(N(C)C)cc2)c1. The minimum absolute atomic E-state index is 0.0628. The predicted molar refractivity (Wildman–Crippen MR) is 144 cm³/mol. The van der Waals surface area contributed by atoms with Crippen LogP contribution in [0.3, 0.4) is 0 Å². The second-order valence-electron chi connectivity index (χ2n) is 9.06. The van der Waals surface area contributed by atoms with Crippen LogP contribution in [0.4, 0.5) is 11.4 Å². The summed E-state index contributed by atoms with van der Waals surface area (Å²) in [5.74, 6) is 0. The van der Waals surface area contributed by atoms with Crippen molar-refractivity contribution < 1.29 is 0 Å². The summed E-state index contributed by atoms with van der Waals surface area (Å²) in [4.78, 5) is 9.04. The lowest BCUT2D eigenvalue weighted by atomic mass is 10.00. The molecule has 0 aliphatic carbocycles. The minimum Gasteiger partial charge on any atom is -0.378 e. The highest BCUT2D eigenvalue weighted by atomic mass is 32.1. The van der Waals surface area contributed by atoms with Crippen molar-refractivity contribution in [1.29, 1.82) is 0 Å². The van der Waals surface area contributed by atoms with Gasteiger partial charge in [0.2, 0.25) is 0 Å². The summed E-state index contributed by atoms with van der Waals surface area (Å²) in [7, 11) is 4.11. The maximum absolute atomic E-state index is 5.92. The number of benzene rings is 2. The number of hydrogen-bond donors (Lipinski definition) is 1. The van der Waals surface area contributed by atoms with Crippen molar-refractivity contribution in [3.05, 3.63) is 108 Å². The first-order valence-corrected chi connectivity index (χ1v) is 11.9. The zero-order chi connectivity index (χ0) is 23.8. The molecule has 2 aromatic carbocycles. The Bertz CT molecular complexity index is 1290. The predicted octanol–water partition coefficient (Wildman–Crippen LogP) is 5.73. The smallest absolute Gasteiger partial charge is 0.174 e. The van der Waals surface area contributed by atoms with Crippen molar-refractivity contribution >= 4 is 28.7 Å². The molecule has 1 aliphatic heterocycles. The van der Waals surface area contributed by atoms with E-state index in [1.54, 1.807) is 0 Å². The lowest BCUT2D eigenvalue weighted by Gasteiger charge is -2.29. The van der Waals surface area contributed by atoms with E-state index in [1.807, 2.05) is 18.3 Å². The fraction of sp³-hybridized carbons (Fsp3) is 0.214. The Kier molecular flexibility index (Phi) is 5.84. The maximum Gasteiger partial charge on any atom is 0.174 e. The van der Waals surface area contributed by atoms with Gasteiger partial charge in [0.1, 0.15) is 6.04 Å². The maximum atomic E-state index is 5.92. The Labute approximate surface area is 206 Å². The fourth-order valence-corrected chi connectivity index (χ4v) is 5.15. The molecule has 5 nitrogen and oxygen atoms in total. The summed E-state index contributed by atoms with van der Waals surface area (Å²) in [6.07, 6.45) is 3.96. The first kappa shape index (κ1) is 22.2. The van der Waals surface area contributed by atoms with Crippen molar-refractivity contribution in [1.82, 2.24) is 14.9 Å². The first-order valence-electron chi connectivity index (χ1n) is 11.5. The summed E-state index contributed by atoms with van der Waals surface area (Å²) in [6, 6.07) is 25.4. The molecule has 2 atom stereocenters. The van der Waals surface area contributed by atoms with E-state index in [2.05, 4.69) is 119 Å². The molecule has 0 saturated carbocycles. The molecule has 34 heavy (non-hydrogen) atoms. The highest BCUT2D eigenvalue weighted by Crippen LogP contribution is 2.42. The molecular formula is C28H29N5S. The monoisotopic (exact) mass is 467 g/mol. The van der Waals surface area contributed by atoms with Gasteiger partial charge in [0.05, 0.1) is 11.7 Å². The van der Waals surface area contributed by atoms with E-state index in [1.165, 1.54) is 16.8 Å². The second kappa shape index (κ2) is 8.95. The summed E-state index contributed by atoms with van der Waals surface area (Å²) >= 11 is 5.92. The number of aryl methyl sites for hydroxylation is 2. The van der Waals surface area contributed by atoms with Gasteiger partial charge in [0.25, 0.3) is 0 Å². The normalized spacial score (nSPS) is 17.6. The van der Waals surface area contributed by atoms with Gasteiger partial charge in [-0.3, -0.25) is 4.98 Å². The molecule has 2 unspecified atom stereocenters. The number of anilines is 2. The topological polar surface area (TPSA) is 36.3 Å². The molecule has 3 heterocycles. The fourth-order valence-electron chi connectivity index (χ4n) is 4.80. The molecule has 0 radical (unpaired) electrons. The average Bonchev–Trinajstić information content (AvgIpc) is 3.43. The molecule has 2 aromatic heterocycles. The standard InChI is InChI=1S/C28H29N5S/c1-19-16-20(2)18-23(17-19)33-27(26(30-28(33)34)24-8-5-6-14-29-24)25-9-7-15-32(25)22-12-10-21(11-13-22)31(3)4/h5-18,26-27H,1-4H3,(H,30,34). The van der Waals surface area contributed by atoms with E-state index >= 15 is 0 Å². The molecule has 1 aliphatic rings. The van der Waals surface area contributed by atoms with Gasteiger partial charge in [-0.2, -0.15) is 0 Å². The third kappa shape index (κ3) is 4.05. The third-order valence-electron chi connectivity index (χ3n) is 6.31. The van der Waals surface area contributed by atoms with Crippen LogP contribution in [-0.2, 0) is 0 Å². The van der Waals surface area contributed by atoms with E-state index in [0.717, 1.165) is 22.8 Å². The highest BCUT2D eigenvalue weighted by molar-refractivity contribution is 7.80. The first-order chi connectivity index (χ1) is 16.4. The molecule has 1 fully saturated rings. The molecule has 172 valence electrons. The Morgan fingerprint density at radius 2 is 1.62 bits per heavy atom. The third-order valence-corrected chi connectivity index (χ3v) is 6.62. The van der Waals surface area contributed by atoms with Crippen LogP contribution in [0.1, 0.15) is 34.6 Å². The Hall–Kier alpha value is -3.64. The number of aromatic nitrogens is 2. The molecule has 1 saturated heterocycles. The molecule has 5 rings (SSSR count). The van der Waals surface area contributed by atoms with Crippen molar-refractivity contribution in [3.8, 4) is 5.69 Å². The van der Waals surface area contributed by atoms with Gasteiger partial charge < -0.3 is 19.7 Å². The van der Waals surface area contributed by atoms with Crippen LogP contribution >= 0.6 is 12.2 Å². The molecule has 0 spiro atoms. The van der Waals surface area contributed by atoms with Gasteiger partial charge in [0, 0.05) is 49.2 Å². The van der Waals surface area contributed by atoms with Gasteiger partial charge in [-0.25, -0.2) is 0 Å². The van der Waals surface area contributed by atoms with Crippen molar-refractivity contribution in [2.75, 3.05) is 23.9 Å². The van der Waals surface area contributed by atoms with E-state index in [4.69, 9.17) is 12.2 Å². The molecule has 0 amide bonds. The second-order valence-corrected chi connectivity index (χ2v) is 9.44. The van der Waals surface area contributed by atoms with E-state index in [0.29, 0.717) is 5.11 Å². The summed E-state index contributed by atoms with van der Waals surface area (Å²) < 4.78 is 2.26. The Morgan fingerprint density at radius 1 is 0.882 bits per heavy atom. The molecule has 0 bridgehead atoms. The van der Waals surface area contributed by atoms with Crippen LogP contribution in [0.5, 0.6) is 0 Å². The van der Waals surface area contributed by atoms with Crippen molar-refractivity contribution in [3.63, 3.8) is 0 Å². The van der Waals surface area contributed by atoms with Crippen LogP contribution < -0.4 is 15.1 Å². The Morgan fingerprint density at radius 3 is 2.26 bits per heavy atom. The number of nitrogens with zero attached hydrogens (tertiary/aromatic N) is 4. The number of nitrogens with one attached hydrogen (secondary N) is 1. The van der Waals surface area contributed by atoms with Gasteiger partial charge in [-0.05, 0) is 97.9 Å². The Balaban J connectivity index is 1.65. The summed E-state index contributed by atoms with van der Waals surface area (Å²) in [6.45, 7) is 4.26. The largest absolute Gasteiger partial charge is 0.378 e. The lowest BCUT2D eigenvalue weighted by molar-refractivity contribution is 0.549. The quantitative estimate of drug-likeness (QED) is 0.379. The van der Waals surface area contributed by atoms with Crippen LogP contribution in [0.25, 0.3) is 5.69 Å². The average molecular weight is 468 g/mol. The van der Waals surface area contributed by atoms with Gasteiger partial charge >= 0.3 is 0 Å². The summed E-state index contributed by atoms with van der Waals surface area (Å²) in [5.41, 5.74) is 7.93. The van der Waals surface area contributed by atoms with Crippen LogP contribution in [0, 0.1) is 13.8 Å². The molecule has 6 heteroatoms. The van der Waals surface area contributed by atoms with E-state index in [9.17, 15) is 0 Å². The minimum atomic E-state index is -0.0794. The molecule has 1 N–H and O–H groups in total. The van der Waals surface area contributed by atoms with Crippen LogP contribution in [-0.4, -0.2) is 28.8 Å². The van der Waals surface area contributed by atoms with Gasteiger partial charge in [0.15, 0.2) is 5.11 Å². The molecule has 4 aromatic rings. The van der Waals surface area contributed by atoms with Crippen molar-refractivity contribution in [2.45, 2.75) is 25.9 Å². The van der Waals surface area contributed by atoms with Gasteiger partial charge in [-0.15, -0.1) is 0 Å². The zero-order valence-corrected chi connectivity index (χ0v) is 20.8. The van der Waals surface area contributed by atoms with Crippen molar-refractivity contribution in [2.24, 2.45) is 0 Å². The van der Waals surface area contributed by atoms with E-state index in [-0.39, 0.29) is 12.1 Å².